The summed E-state index contributed by atoms with van der Waals surface area (Å²) in [6.07, 6.45) is 4.30. The van der Waals surface area contributed by atoms with Gasteiger partial charge in [0.25, 0.3) is 0 Å². The summed E-state index contributed by atoms with van der Waals surface area (Å²) in [5.74, 6) is -0.641. The van der Waals surface area contributed by atoms with Gasteiger partial charge >= 0.3 is 5.97 Å². The number of rotatable bonds is 6. The van der Waals surface area contributed by atoms with E-state index >= 15 is 0 Å². The number of anilines is 1. The maximum Gasteiger partial charge on any atom is 0.327 e. The molecule has 1 amide bonds. The van der Waals surface area contributed by atoms with Crippen LogP contribution in [0.15, 0.2) is 72.8 Å². The number of carboxylic acids is 1. The van der Waals surface area contributed by atoms with E-state index in [4.69, 9.17) is 15.1 Å². The quantitative estimate of drug-likeness (QED) is 0.472. The third kappa shape index (κ3) is 4.68. The van der Waals surface area contributed by atoms with E-state index < -0.39 is 5.97 Å². The molecule has 1 aliphatic carbocycles. The van der Waals surface area contributed by atoms with Crippen LogP contribution < -0.4 is 10.1 Å². The van der Waals surface area contributed by atoms with Crippen LogP contribution in [0.2, 0.25) is 0 Å². The molecule has 0 aromatic heterocycles. The second kappa shape index (κ2) is 9.64. The van der Waals surface area contributed by atoms with Gasteiger partial charge in [-0.05, 0) is 72.4 Å². The number of fused-ring (bicyclic) bond motifs is 2. The second-order valence-electron chi connectivity index (χ2n) is 9.33. The van der Waals surface area contributed by atoms with Crippen molar-refractivity contribution in [3.8, 4) is 29.0 Å². The van der Waals surface area contributed by atoms with Crippen LogP contribution in [0.3, 0.4) is 0 Å². The third-order valence-electron chi connectivity index (χ3n) is 7.16. The van der Waals surface area contributed by atoms with Gasteiger partial charge in [0, 0.05) is 28.7 Å². The molecular weight excluding hydrogens is 466 g/mol. The number of benzene rings is 3. The predicted molar refractivity (Wildman–Crippen MR) is 137 cm³/mol. The van der Waals surface area contributed by atoms with Crippen LogP contribution in [0.4, 0.5) is 5.69 Å². The highest BCUT2D eigenvalue weighted by molar-refractivity contribution is 5.97. The van der Waals surface area contributed by atoms with Crippen LogP contribution in [-0.2, 0) is 21.4 Å². The summed E-state index contributed by atoms with van der Waals surface area (Å²) < 4.78 is 5.92. The summed E-state index contributed by atoms with van der Waals surface area (Å²) >= 11 is 0. The van der Waals surface area contributed by atoms with Crippen LogP contribution in [0.1, 0.15) is 35.1 Å². The van der Waals surface area contributed by atoms with E-state index in [1.54, 1.807) is 30.3 Å². The highest BCUT2D eigenvalue weighted by Crippen LogP contribution is 2.61. The molecule has 0 saturated heterocycles. The average Bonchev–Trinajstić information content (AvgIpc) is 3.64. The van der Waals surface area contributed by atoms with Crippen LogP contribution in [-0.4, -0.2) is 23.6 Å². The molecule has 0 radical (unpaired) electrons. The van der Waals surface area contributed by atoms with E-state index in [1.807, 2.05) is 24.3 Å². The summed E-state index contributed by atoms with van der Waals surface area (Å²) in [6.45, 7) is 0.530. The van der Waals surface area contributed by atoms with Crippen LogP contribution in [0.25, 0.3) is 11.1 Å². The molecule has 0 unspecified atom stereocenters. The number of carbonyl (C=O) groups is 2. The van der Waals surface area contributed by atoms with Crippen molar-refractivity contribution in [1.29, 1.82) is 10.5 Å². The molecule has 7 nitrogen and oxygen atoms in total. The first-order valence-corrected chi connectivity index (χ1v) is 11.9. The van der Waals surface area contributed by atoms with Crippen LogP contribution in [0, 0.1) is 28.6 Å². The maximum atomic E-state index is 13.4. The summed E-state index contributed by atoms with van der Waals surface area (Å²) in [5, 5.41) is 30.3. The van der Waals surface area contributed by atoms with Gasteiger partial charge in [0.05, 0.1) is 29.9 Å². The van der Waals surface area contributed by atoms with Gasteiger partial charge in [-0.3, -0.25) is 4.79 Å². The fraction of sp³-hybridized carbons (Fsp3) is 0.200. The lowest BCUT2D eigenvalue weighted by molar-refractivity contribution is -0.131. The molecule has 3 aromatic carbocycles. The third-order valence-corrected chi connectivity index (χ3v) is 7.16. The number of carbonyl (C=O) groups excluding carboxylic acids is 1. The van der Waals surface area contributed by atoms with Crippen molar-refractivity contribution in [2.24, 2.45) is 5.92 Å². The largest absolute Gasteiger partial charge is 0.493 e. The molecule has 7 heteroatoms. The number of nitrogens with zero attached hydrogens (tertiary/aromatic N) is 2. The lowest BCUT2D eigenvalue weighted by Crippen LogP contribution is -2.27. The molecule has 1 heterocycles. The van der Waals surface area contributed by atoms with E-state index in [1.165, 1.54) is 6.08 Å². The van der Waals surface area contributed by atoms with E-state index in [-0.39, 0.29) is 17.2 Å². The summed E-state index contributed by atoms with van der Waals surface area (Å²) in [4.78, 5) is 24.3. The van der Waals surface area contributed by atoms with Crippen molar-refractivity contribution < 1.29 is 19.4 Å². The lowest BCUT2D eigenvalue weighted by Gasteiger charge is -2.27. The van der Waals surface area contributed by atoms with Gasteiger partial charge in [-0.15, -0.1) is 0 Å². The Morgan fingerprint density at radius 2 is 1.76 bits per heavy atom. The molecule has 0 bridgehead atoms. The Balaban J connectivity index is 1.40. The molecule has 1 aliphatic heterocycles. The minimum atomic E-state index is -1.04. The van der Waals surface area contributed by atoms with Crippen molar-refractivity contribution in [1.82, 2.24) is 0 Å². The molecule has 37 heavy (non-hydrogen) atoms. The zero-order chi connectivity index (χ0) is 26.0. The first kappa shape index (κ1) is 23.8. The van der Waals surface area contributed by atoms with E-state index in [2.05, 4.69) is 23.5 Å². The Hall–Kier alpha value is -4.88. The fourth-order valence-electron chi connectivity index (χ4n) is 5.11. The number of hydrogen-bond donors (Lipinski definition) is 2. The number of amides is 1. The van der Waals surface area contributed by atoms with Crippen molar-refractivity contribution in [2.45, 2.75) is 24.7 Å². The van der Waals surface area contributed by atoms with Gasteiger partial charge in [0.1, 0.15) is 5.75 Å². The van der Waals surface area contributed by atoms with Gasteiger partial charge in [0.2, 0.25) is 5.91 Å². The molecule has 5 rings (SSSR count). The highest BCUT2D eigenvalue weighted by atomic mass is 16.5. The minimum Gasteiger partial charge on any atom is -0.493 e. The number of carboxylic acid groups (broad SMARTS) is 1. The topological polar surface area (TPSA) is 123 Å². The summed E-state index contributed by atoms with van der Waals surface area (Å²) in [5.41, 5.74) is 4.92. The summed E-state index contributed by atoms with van der Waals surface area (Å²) in [7, 11) is 0. The van der Waals surface area contributed by atoms with Crippen molar-refractivity contribution in [3.63, 3.8) is 0 Å². The Kier molecular flexibility index (Phi) is 6.21. The van der Waals surface area contributed by atoms with Crippen LogP contribution >= 0.6 is 0 Å². The maximum absolute atomic E-state index is 13.4. The SMILES string of the molecule is N#Cc1ccc(-c2ccc3c(c2)[C@]2(CCO3)C[C@H]2C(=O)Nc2cc(C#N)ccc2CC=CC(=O)O)cc1. The predicted octanol–water partition coefficient (Wildman–Crippen LogP) is 4.96. The average molecular weight is 490 g/mol. The second-order valence-corrected chi connectivity index (χ2v) is 9.33. The van der Waals surface area contributed by atoms with Gasteiger partial charge in [-0.2, -0.15) is 10.5 Å². The molecular formula is C30H23N3O4. The Bertz CT molecular complexity index is 1510. The fourth-order valence-corrected chi connectivity index (χ4v) is 5.11. The number of hydrogen-bond acceptors (Lipinski definition) is 5. The molecule has 1 saturated carbocycles. The Labute approximate surface area is 214 Å². The molecule has 1 spiro atoms. The minimum absolute atomic E-state index is 0.129. The standard InChI is InChI=1S/C30H23N3O4/c31-17-19-4-7-21(8-5-19)23-10-11-27-24(15-23)30(12-13-37-27)16-25(30)29(36)33-26-14-20(18-32)6-9-22(26)2-1-3-28(34)35/h1,3-11,14-15,25H,2,12-13,16H2,(H,33,36)(H,34,35)/t25-,30-/m0/s1. The smallest absolute Gasteiger partial charge is 0.327 e. The Morgan fingerprint density at radius 1 is 1.03 bits per heavy atom. The molecule has 2 aliphatic rings. The number of allylic oxidation sites excluding steroid dienone is 1. The van der Waals surface area contributed by atoms with Crippen molar-refractivity contribution >= 4 is 17.6 Å². The molecule has 1 fully saturated rings. The van der Waals surface area contributed by atoms with Gasteiger partial charge in [-0.25, -0.2) is 4.79 Å². The van der Waals surface area contributed by atoms with E-state index in [0.29, 0.717) is 36.3 Å². The first-order chi connectivity index (χ1) is 17.9. The van der Waals surface area contributed by atoms with Gasteiger partial charge < -0.3 is 15.2 Å². The molecule has 2 atom stereocenters. The highest BCUT2D eigenvalue weighted by Gasteiger charge is 2.61. The molecule has 2 N–H and O–H groups in total. The number of aliphatic carboxylic acids is 1. The monoisotopic (exact) mass is 489 g/mol. The zero-order valence-corrected chi connectivity index (χ0v) is 19.9. The van der Waals surface area contributed by atoms with Gasteiger partial charge in [0.15, 0.2) is 0 Å². The number of nitrogens with one attached hydrogen (secondary N) is 1. The number of nitriles is 2. The lowest BCUT2D eigenvalue weighted by atomic mass is 9.85. The Morgan fingerprint density at radius 3 is 2.49 bits per heavy atom. The van der Waals surface area contributed by atoms with Crippen LogP contribution in [0.5, 0.6) is 5.75 Å². The normalized spacial score (nSPS) is 19.4. The van der Waals surface area contributed by atoms with E-state index in [9.17, 15) is 14.9 Å². The van der Waals surface area contributed by atoms with Crippen molar-refractivity contribution in [3.05, 3.63) is 95.1 Å². The molecule has 3 aromatic rings. The number of ether oxygens (including phenoxy) is 1. The zero-order valence-electron chi connectivity index (χ0n) is 19.9. The van der Waals surface area contributed by atoms with E-state index in [0.717, 1.165) is 40.5 Å². The van der Waals surface area contributed by atoms with Gasteiger partial charge in [-0.1, -0.05) is 30.3 Å². The molecule has 182 valence electrons. The first-order valence-electron chi connectivity index (χ1n) is 11.9. The summed E-state index contributed by atoms with van der Waals surface area (Å²) in [6, 6.07) is 22.6. The van der Waals surface area contributed by atoms with Crippen molar-refractivity contribution in [2.75, 3.05) is 11.9 Å².